The SMILES string of the molecule is CCOCC1C(c2ccc(Cl)c(Cl)c2)CCN(C)C1/C(=C\C(=O)O)C(=O)O. The lowest BCUT2D eigenvalue weighted by atomic mass is 9.74. The first-order valence-corrected chi connectivity index (χ1v) is 9.42. The molecule has 6 nitrogen and oxygen atoms in total. The molecule has 0 radical (unpaired) electrons. The highest BCUT2D eigenvalue weighted by Gasteiger charge is 2.41. The van der Waals surface area contributed by atoms with E-state index in [1.54, 1.807) is 19.2 Å². The van der Waals surface area contributed by atoms with Gasteiger partial charge >= 0.3 is 11.9 Å². The van der Waals surface area contributed by atoms with Crippen LogP contribution in [-0.2, 0) is 14.3 Å². The number of ether oxygens (including phenoxy) is 1. The molecule has 1 heterocycles. The van der Waals surface area contributed by atoms with Gasteiger partial charge in [-0.05, 0) is 50.6 Å². The molecule has 1 saturated heterocycles. The Morgan fingerprint density at radius 3 is 2.56 bits per heavy atom. The number of carboxylic acids is 2. The van der Waals surface area contributed by atoms with Gasteiger partial charge in [0.25, 0.3) is 0 Å². The molecule has 0 amide bonds. The van der Waals surface area contributed by atoms with Gasteiger partial charge in [-0.25, -0.2) is 9.59 Å². The summed E-state index contributed by atoms with van der Waals surface area (Å²) in [6, 6.07) is 4.78. The van der Waals surface area contributed by atoms with Gasteiger partial charge in [0.05, 0.1) is 22.2 Å². The molecule has 0 saturated carbocycles. The quantitative estimate of drug-likeness (QED) is 0.662. The summed E-state index contributed by atoms with van der Waals surface area (Å²) in [4.78, 5) is 24.9. The van der Waals surface area contributed by atoms with Crippen LogP contribution >= 0.6 is 23.2 Å². The maximum Gasteiger partial charge on any atom is 0.333 e. The molecular formula is C19H23Cl2NO5. The molecule has 8 heteroatoms. The van der Waals surface area contributed by atoms with Crippen LogP contribution in [0.5, 0.6) is 0 Å². The van der Waals surface area contributed by atoms with Gasteiger partial charge in [-0.2, -0.15) is 0 Å². The summed E-state index contributed by atoms with van der Waals surface area (Å²) in [6.07, 6.45) is 1.54. The Morgan fingerprint density at radius 1 is 1.30 bits per heavy atom. The van der Waals surface area contributed by atoms with Gasteiger partial charge in [-0.1, -0.05) is 29.3 Å². The molecule has 0 aromatic heterocycles. The summed E-state index contributed by atoms with van der Waals surface area (Å²) >= 11 is 12.2. The molecule has 1 aromatic carbocycles. The Morgan fingerprint density at radius 2 is 2.00 bits per heavy atom. The molecule has 0 spiro atoms. The maximum absolute atomic E-state index is 11.8. The van der Waals surface area contributed by atoms with Gasteiger partial charge < -0.3 is 14.9 Å². The van der Waals surface area contributed by atoms with Crippen molar-refractivity contribution >= 4 is 35.1 Å². The molecule has 2 rings (SSSR count). The van der Waals surface area contributed by atoms with E-state index in [0.717, 1.165) is 18.1 Å². The minimum Gasteiger partial charge on any atom is -0.478 e. The van der Waals surface area contributed by atoms with Crippen molar-refractivity contribution in [1.29, 1.82) is 0 Å². The van der Waals surface area contributed by atoms with Crippen molar-refractivity contribution in [3.8, 4) is 0 Å². The number of aliphatic carboxylic acids is 2. The topological polar surface area (TPSA) is 87.1 Å². The molecule has 1 aliphatic heterocycles. The van der Waals surface area contributed by atoms with E-state index in [0.29, 0.717) is 29.8 Å². The second kappa shape index (κ2) is 9.55. The summed E-state index contributed by atoms with van der Waals surface area (Å²) in [5.74, 6) is -2.81. The van der Waals surface area contributed by atoms with E-state index < -0.39 is 18.0 Å². The van der Waals surface area contributed by atoms with Crippen LogP contribution in [0.3, 0.4) is 0 Å². The third-order valence-corrected chi connectivity index (χ3v) is 5.66. The van der Waals surface area contributed by atoms with Gasteiger partial charge in [-0.3, -0.25) is 4.90 Å². The third-order valence-electron chi connectivity index (χ3n) is 4.92. The van der Waals surface area contributed by atoms with Crippen molar-refractivity contribution in [3.63, 3.8) is 0 Å². The summed E-state index contributed by atoms with van der Waals surface area (Å²) in [6.45, 7) is 3.26. The number of carbonyl (C=O) groups is 2. The summed E-state index contributed by atoms with van der Waals surface area (Å²) in [7, 11) is 1.80. The van der Waals surface area contributed by atoms with Crippen molar-refractivity contribution in [3.05, 3.63) is 45.5 Å². The van der Waals surface area contributed by atoms with Gasteiger partial charge in [-0.15, -0.1) is 0 Å². The number of rotatable bonds is 7. The van der Waals surface area contributed by atoms with Crippen molar-refractivity contribution in [2.45, 2.75) is 25.3 Å². The fourth-order valence-corrected chi connectivity index (χ4v) is 4.04. The predicted octanol–water partition coefficient (Wildman–Crippen LogP) is 3.53. The molecule has 0 bridgehead atoms. The number of likely N-dealkylation sites (tertiary alicyclic amines) is 1. The van der Waals surface area contributed by atoms with Crippen LogP contribution in [-0.4, -0.2) is 59.9 Å². The van der Waals surface area contributed by atoms with Crippen LogP contribution in [0.1, 0.15) is 24.8 Å². The lowest BCUT2D eigenvalue weighted by Crippen LogP contribution is -2.50. The number of hydrogen-bond acceptors (Lipinski definition) is 4. The van der Waals surface area contributed by atoms with Crippen LogP contribution in [0.4, 0.5) is 0 Å². The molecule has 27 heavy (non-hydrogen) atoms. The van der Waals surface area contributed by atoms with Crippen LogP contribution in [0, 0.1) is 5.92 Å². The molecule has 3 unspecified atom stereocenters. The predicted molar refractivity (Wildman–Crippen MR) is 104 cm³/mol. The first-order chi connectivity index (χ1) is 12.8. The zero-order valence-electron chi connectivity index (χ0n) is 15.2. The first kappa shape index (κ1) is 21.7. The third kappa shape index (κ3) is 5.23. The van der Waals surface area contributed by atoms with Crippen molar-refractivity contribution in [2.75, 3.05) is 26.8 Å². The van der Waals surface area contributed by atoms with Gasteiger partial charge in [0.15, 0.2) is 0 Å². The number of likely N-dealkylation sites (N-methyl/N-ethyl adjacent to an activating group) is 1. The molecule has 148 valence electrons. The normalized spacial score (nSPS) is 24.0. The molecule has 0 aliphatic carbocycles. The Labute approximate surface area is 168 Å². The summed E-state index contributed by atoms with van der Waals surface area (Å²) in [5, 5.41) is 19.7. The summed E-state index contributed by atoms with van der Waals surface area (Å²) in [5.41, 5.74) is 0.784. The first-order valence-electron chi connectivity index (χ1n) is 8.67. The number of halogens is 2. The van der Waals surface area contributed by atoms with E-state index in [2.05, 4.69) is 0 Å². The summed E-state index contributed by atoms with van der Waals surface area (Å²) < 4.78 is 5.64. The minimum atomic E-state index is -1.28. The molecule has 1 fully saturated rings. The molecular weight excluding hydrogens is 393 g/mol. The molecule has 3 atom stereocenters. The number of nitrogens with zero attached hydrogens (tertiary/aromatic N) is 1. The van der Waals surface area contributed by atoms with Gasteiger partial charge in [0.2, 0.25) is 0 Å². The Kier molecular flexibility index (Phi) is 7.68. The number of benzene rings is 1. The number of carboxylic acid groups (broad SMARTS) is 2. The highest BCUT2D eigenvalue weighted by Crippen LogP contribution is 2.40. The highest BCUT2D eigenvalue weighted by atomic mass is 35.5. The van der Waals surface area contributed by atoms with E-state index in [4.69, 9.17) is 33.0 Å². The van der Waals surface area contributed by atoms with Crippen LogP contribution in [0.25, 0.3) is 0 Å². The van der Waals surface area contributed by atoms with Crippen molar-refractivity contribution < 1.29 is 24.5 Å². The van der Waals surface area contributed by atoms with Gasteiger partial charge in [0, 0.05) is 24.6 Å². The second-order valence-electron chi connectivity index (χ2n) is 6.56. The molecule has 2 N–H and O–H groups in total. The Hall–Kier alpha value is -1.60. The number of hydrogen-bond donors (Lipinski definition) is 2. The van der Waals surface area contributed by atoms with Crippen molar-refractivity contribution in [2.24, 2.45) is 5.92 Å². The average molecular weight is 416 g/mol. The van der Waals surface area contributed by atoms with E-state index >= 15 is 0 Å². The van der Waals surface area contributed by atoms with Crippen molar-refractivity contribution in [1.82, 2.24) is 4.90 Å². The lowest BCUT2D eigenvalue weighted by Gasteiger charge is -2.44. The monoisotopic (exact) mass is 415 g/mol. The standard InChI is InChI=1S/C19H23Cl2NO5/c1-3-27-10-14-12(11-4-5-15(20)16(21)8-11)6-7-22(2)18(14)13(19(25)26)9-17(23)24/h4-5,8-9,12,14,18H,3,6-7,10H2,1-2H3,(H,23,24)(H,25,26)/b13-9+. The molecule has 1 aromatic rings. The van der Waals surface area contributed by atoms with Crippen LogP contribution < -0.4 is 0 Å². The van der Waals surface area contributed by atoms with E-state index in [9.17, 15) is 14.7 Å². The largest absolute Gasteiger partial charge is 0.478 e. The zero-order valence-corrected chi connectivity index (χ0v) is 16.7. The fraction of sp³-hybridized carbons (Fsp3) is 0.474. The number of piperidine rings is 1. The van der Waals surface area contributed by atoms with E-state index in [1.807, 2.05) is 17.9 Å². The zero-order chi connectivity index (χ0) is 20.1. The minimum absolute atomic E-state index is 0.0379. The highest BCUT2D eigenvalue weighted by molar-refractivity contribution is 6.42. The second-order valence-corrected chi connectivity index (χ2v) is 7.37. The van der Waals surface area contributed by atoms with E-state index in [1.165, 1.54) is 0 Å². The maximum atomic E-state index is 11.8. The smallest absolute Gasteiger partial charge is 0.333 e. The van der Waals surface area contributed by atoms with Crippen LogP contribution in [0.15, 0.2) is 29.8 Å². The Balaban J connectivity index is 2.50. The molecule has 1 aliphatic rings. The fourth-order valence-electron chi connectivity index (χ4n) is 3.74. The van der Waals surface area contributed by atoms with E-state index in [-0.39, 0.29) is 17.4 Å². The Bertz CT molecular complexity index is 737. The van der Waals surface area contributed by atoms with Gasteiger partial charge in [0.1, 0.15) is 0 Å². The average Bonchev–Trinajstić information content (AvgIpc) is 2.60. The lowest BCUT2D eigenvalue weighted by molar-refractivity contribution is -0.136. The van der Waals surface area contributed by atoms with Crippen LogP contribution in [0.2, 0.25) is 10.0 Å².